The Kier molecular flexibility index (Phi) is 5.37. The lowest BCUT2D eigenvalue weighted by Gasteiger charge is -2.12. The van der Waals surface area contributed by atoms with Gasteiger partial charge in [-0.05, 0) is 52.4 Å². The monoisotopic (exact) mass is 432 g/mol. The highest BCUT2D eigenvalue weighted by Gasteiger charge is 2.15. The Bertz CT molecular complexity index is 1180. The molecule has 6 nitrogen and oxygen atoms in total. The zero-order valence-corrected chi connectivity index (χ0v) is 16.2. The van der Waals surface area contributed by atoms with Crippen molar-refractivity contribution in [2.45, 2.75) is 6.54 Å². The van der Waals surface area contributed by atoms with Crippen molar-refractivity contribution in [1.82, 2.24) is 25.2 Å². The number of halogens is 4. The SMILES string of the molecule is Fc1ccc(-c2ncccc2CNc2nnnn2-c2cccc(Cl)c2Cl)cc1F. The maximum atomic E-state index is 13.6. The van der Waals surface area contributed by atoms with Crippen LogP contribution in [0.25, 0.3) is 16.9 Å². The number of hydrogen-bond acceptors (Lipinski definition) is 5. The van der Waals surface area contributed by atoms with Crippen LogP contribution in [-0.4, -0.2) is 25.2 Å². The predicted molar refractivity (Wildman–Crippen MR) is 106 cm³/mol. The molecule has 0 spiro atoms. The van der Waals surface area contributed by atoms with E-state index in [4.69, 9.17) is 23.2 Å². The van der Waals surface area contributed by atoms with E-state index in [1.165, 1.54) is 10.7 Å². The Hall–Kier alpha value is -3.10. The van der Waals surface area contributed by atoms with Crippen LogP contribution in [0.5, 0.6) is 0 Å². The molecule has 10 heteroatoms. The summed E-state index contributed by atoms with van der Waals surface area (Å²) < 4.78 is 28.3. The van der Waals surface area contributed by atoms with Crippen LogP contribution < -0.4 is 5.32 Å². The number of anilines is 1. The van der Waals surface area contributed by atoms with Gasteiger partial charge >= 0.3 is 0 Å². The Morgan fingerprint density at radius 3 is 2.69 bits per heavy atom. The zero-order valence-electron chi connectivity index (χ0n) is 14.7. The Balaban J connectivity index is 1.63. The van der Waals surface area contributed by atoms with E-state index >= 15 is 0 Å². The first-order valence-corrected chi connectivity index (χ1v) is 9.16. The number of rotatable bonds is 5. The van der Waals surface area contributed by atoms with Crippen molar-refractivity contribution < 1.29 is 8.78 Å². The lowest BCUT2D eigenvalue weighted by atomic mass is 10.1. The molecule has 0 bridgehead atoms. The fourth-order valence-corrected chi connectivity index (χ4v) is 3.15. The molecule has 0 aliphatic heterocycles. The molecule has 146 valence electrons. The molecule has 0 radical (unpaired) electrons. The molecule has 1 N–H and O–H groups in total. The van der Waals surface area contributed by atoms with E-state index in [2.05, 4.69) is 25.8 Å². The zero-order chi connectivity index (χ0) is 20.4. The number of hydrogen-bond donors (Lipinski definition) is 1. The van der Waals surface area contributed by atoms with Crippen molar-refractivity contribution >= 4 is 29.2 Å². The van der Waals surface area contributed by atoms with E-state index in [-0.39, 0.29) is 6.54 Å². The van der Waals surface area contributed by atoms with Gasteiger partial charge in [-0.3, -0.25) is 4.98 Å². The Morgan fingerprint density at radius 1 is 1.00 bits per heavy atom. The van der Waals surface area contributed by atoms with Crippen LogP contribution in [0.4, 0.5) is 14.7 Å². The quantitative estimate of drug-likeness (QED) is 0.484. The highest BCUT2D eigenvalue weighted by atomic mass is 35.5. The third-order valence-corrected chi connectivity index (χ3v) is 4.96. The first-order valence-electron chi connectivity index (χ1n) is 8.40. The smallest absolute Gasteiger partial charge is 0.248 e. The number of nitrogens with zero attached hydrogens (tertiary/aromatic N) is 5. The number of nitrogens with one attached hydrogen (secondary N) is 1. The summed E-state index contributed by atoms with van der Waals surface area (Å²) in [6.45, 7) is 0.278. The maximum absolute atomic E-state index is 13.6. The van der Waals surface area contributed by atoms with Gasteiger partial charge in [0.05, 0.1) is 21.4 Å². The second-order valence-corrected chi connectivity index (χ2v) is 6.77. The highest BCUT2D eigenvalue weighted by molar-refractivity contribution is 6.43. The van der Waals surface area contributed by atoms with Crippen LogP contribution in [0, 0.1) is 11.6 Å². The first kappa shape index (κ1) is 19.2. The lowest BCUT2D eigenvalue weighted by molar-refractivity contribution is 0.509. The largest absolute Gasteiger partial charge is 0.349 e. The highest BCUT2D eigenvalue weighted by Crippen LogP contribution is 2.29. The summed E-state index contributed by atoms with van der Waals surface area (Å²) in [6, 6.07) is 12.3. The number of tetrazole rings is 1. The van der Waals surface area contributed by atoms with Crippen molar-refractivity contribution in [3.05, 3.63) is 82.0 Å². The van der Waals surface area contributed by atoms with Gasteiger partial charge in [-0.15, -0.1) is 0 Å². The van der Waals surface area contributed by atoms with Crippen LogP contribution >= 0.6 is 23.2 Å². The third-order valence-electron chi connectivity index (χ3n) is 4.15. The molecule has 4 rings (SSSR count). The van der Waals surface area contributed by atoms with E-state index in [1.54, 1.807) is 30.5 Å². The molecular formula is C19H12Cl2F2N6. The average molecular weight is 433 g/mol. The fraction of sp³-hybridized carbons (Fsp3) is 0.0526. The van der Waals surface area contributed by atoms with Gasteiger partial charge in [-0.2, -0.15) is 4.68 Å². The van der Waals surface area contributed by atoms with Gasteiger partial charge in [-0.25, -0.2) is 8.78 Å². The van der Waals surface area contributed by atoms with Crippen LogP contribution in [-0.2, 0) is 6.54 Å². The van der Waals surface area contributed by atoms with Gasteiger partial charge < -0.3 is 5.32 Å². The van der Waals surface area contributed by atoms with E-state index in [1.807, 2.05) is 6.07 Å². The minimum Gasteiger partial charge on any atom is -0.349 e. The summed E-state index contributed by atoms with van der Waals surface area (Å²) in [5.74, 6) is -1.53. The predicted octanol–water partition coefficient (Wildman–Crippen LogP) is 4.92. The van der Waals surface area contributed by atoms with Gasteiger partial charge in [0.25, 0.3) is 0 Å². The molecule has 0 aliphatic rings. The second kappa shape index (κ2) is 8.10. The summed E-state index contributed by atoms with van der Waals surface area (Å²) in [4.78, 5) is 4.30. The summed E-state index contributed by atoms with van der Waals surface area (Å²) >= 11 is 12.3. The molecule has 0 atom stereocenters. The molecule has 0 unspecified atom stereocenters. The molecule has 2 aromatic heterocycles. The van der Waals surface area contributed by atoms with Crippen molar-refractivity contribution in [3.8, 4) is 16.9 Å². The van der Waals surface area contributed by atoms with E-state index < -0.39 is 11.6 Å². The van der Waals surface area contributed by atoms with Crippen LogP contribution in [0.3, 0.4) is 0 Å². The van der Waals surface area contributed by atoms with E-state index in [0.29, 0.717) is 32.9 Å². The Labute approximate surface area is 174 Å². The molecule has 4 aromatic rings. The van der Waals surface area contributed by atoms with Crippen molar-refractivity contribution in [3.63, 3.8) is 0 Å². The molecule has 2 aromatic carbocycles. The van der Waals surface area contributed by atoms with Crippen LogP contribution in [0.15, 0.2) is 54.7 Å². The van der Waals surface area contributed by atoms with E-state index in [0.717, 1.165) is 17.7 Å². The van der Waals surface area contributed by atoms with Gasteiger partial charge in [0.15, 0.2) is 11.6 Å². The molecule has 0 fully saturated rings. The normalized spacial score (nSPS) is 10.9. The molecule has 29 heavy (non-hydrogen) atoms. The minimum absolute atomic E-state index is 0.278. The first-order chi connectivity index (χ1) is 14.0. The summed E-state index contributed by atoms with van der Waals surface area (Å²) in [5.41, 5.74) is 2.22. The molecule has 0 aliphatic carbocycles. The van der Waals surface area contributed by atoms with Gasteiger partial charge in [0, 0.05) is 18.3 Å². The van der Waals surface area contributed by atoms with Crippen molar-refractivity contribution in [1.29, 1.82) is 0 Å². The van der Waals surface area contributed by atoms with Gasteiger partial charge in [0.1, 0.15) is 0 Å². The number of benzene rings is 2. The number of aromatic nitrogens is 5. The summed E-state index contributed by atoms with van der Waals surface area (Å²) in [7, 11) is 0. The van der Waals surface area contributed by atoms with Crippen LogP contribution in [0.2, 0.25) is 10.0 Å². The van der Waals surface area contributed by atoms with Gasteiger partial charge in [0.2, 0.25) is 5.95 Å². The molecule has 0 saturated heterocycles. The standard InChI is InChI=1S/C19H12Cl2F2N6/c20-13-4-1-5-16(17(13)21)29-19(26-27-28-29)25-10-12-3-2-8-24-18(12)11-6-7-14(22)15(23)9-11/h1-9H,10H2,(H,25,26,28). The summed E-state index contributed by atoms with van der Waals surface area (Å²) in [6.07, 6.45) is 1.58. The molecular weight excluding hydrogens is 421 g/mol. The average Bonchev–Trinajstić information content (AvgIpc) is 3.19. The third kappa shape index (κ3) is 3.90. The topological polar surface area (TPSA) is 68.5 Å². The minimum atomic E-state index is -0.938. The number of pyridine rings is 1. The van der Waals surface area contributed by atoms with Crippen molar-refractivity contribution in [2.24, 2.45) is 0 Å². The second-order valence-electron chi connectivity index (χ2n) is 5.98. The fourth-order valence-electron chi connectivity index (χ4n) is 2.77. The van der Waals surface area contributed by atoms with Crippen molar-refractivity contribution in [2.75, 3.05) is 5.32 Å². The maximum Gasteiger partial charge on any atom is 0.248 e. The Morgan fingerprint density at radius 2 is 1.86 bits per heavy atom. The summed E-state index contributed by atoms with van der Waals surface area (Å²) in [5, 5.41) is 15.4. The molecule has 0 amide bonds. The van der Waals surface area contributed by atoms with E-state index in [9.17, 15) is 8.78 Å². The van der Waals surface area contributed by atoms with Crippen LogP contribution in [0.1, 0.15) is 5.56 Å². The lowest BCUT2D eigenvalue weighted by Crippen LogP contribution is -2.09. The molecule has 0 saturated carbocycles. The van der Waals surface area contributed by atoms with Gasteiger partial charge in [-0.1, -0.05) is 40.4 Å². The molecule has 2 heterocycles.